The second-order valence-corrected chi connectivity index (χ2v) is 5.32. The Labute approximate surface area is 95.1 Å². The highest BCUT2D eigenvalue weighted by atomic mass is 32.2. The molecule has 0 radical (unpaired) electrons. The van der Waals surface area contributed by atoms with E-state index in [1.807, 2.05) is 10.8 Å². The van der Waals surface area contributed by atoms with E-state index >= 15 is 0 Å². The number of thioether (sulfide) groups is 2. The van der Waals surface area contributed by atoms with Gasteiger partial charge in [-0.1, -0.05) is 39.0 Å². The molecule has 0 aromatic heterocycles. The van der Waals surface area contributed by atoms with Gasteiger partial charge in [-0.25, -0.2) is 0 Å². The van der Waals surface area contributed by atoms with Crippen LogP contribution in [-0.4, -0.2) is 4.58 Å². The summed E-state index contributed by atoms with van der Waals surface area (Å²) in [4.78, 5) is 0. The zero-order valence-corrected chi connectivity index (χ0v) is 10.2. The van der Waals surface area contributed by atoms with Crippen LogP contribution in [0.15, 0.2) is 0 Å². The van der Waals surface area contributed by atoms with Crippen molar-refractivity contribution in [2.45, 2.75) is 50.0 Å². The van der Waals surface area contributed by atoms with Crippen molar-refractivity contribution in [3.63, 3.8) is 0 Å². The van der Waals surface area contributed by atoms with Crippen LogP contribution in [0.4, 0.5) is 0 Å². The minimum absolute atomic E-state index is 0.145. The molecule has 0 fully saturated rings. The number of thiocyanates is 2. The standard InChI is InChI=1S/C10H16N2S2/c1-2-3-4-5-6-7-10(13-8-11)14-9-12/h10H,2-7H2,1H3. The second kappa shape index (κ2) is 10.8. The summed E-state index contributed by atoms with van der Waals surface area (Å²) in [7, 11) is 0. The second-order valence-electron chi connectivity index (χ2n) is 3.05. The summed E-state index contributed by atoms with van der Waals surface area (Å²) in [6.07, 6.45) is 7.15. The van der Waals surface area contributed by atoms with Crippen molar-refractivity contribution in [2.24, 2.45) is 0 Å². The molecular formula is C10H16N2S2. The molecule has 0 aromatic rings. The van der Waals surface area contributed by atoms with Crippen molar-refractivity contribution in [1.82, 2.24) is 0 Å². The Kier molecular flexibility index (Phi) is 10.5. The molecule has 0 aliphatic carbocycles. The van der Waals surface area contributed by atoms with Crippen molar-refractivity contribution >= 4 is 23.5 Å². The maximum atomic E-state index is 8.49. The van der Waals surface area contributed by atoms with Crippen LogP contribution in [0.5, 0.6) is 0 Å². The van der Waals surface area contributed by atoms with Crippen LogP contribution in [0.3, 0.4) is 0 Å². The molecule has 2 nitrogen and oxygen atoms in total. The topological polar surface area (TPSA) is 47.6 Å². The first-order valence-electron chi connectivity index (χ1n) is 4.94. The third-order valence-electron chi connectivity index (χ3n) is 1.91. The Morgan fingerprint density at radius 3 is 2.07 bits per heavy atom. The highest BCUT2D eigenvalue weighted by molar-refractivity contribution is 8.21. The lowest BCUT2D eigenvalue weighted by Crippen LogP contribution is -1.94. The van der Waals surface area contributed by atoms with Gasteiger partial charge in [-0.15, -0.1) is 0 Å². The number of nitriles is 2. The van der Waals surface area contributed by atoms with Crippen LogP contribution < -0.4 is 0 Å². The molecule has 0 saturated carbocycles. The van der Waals surface area contributed by atoms with Gasteiger partial charge in [-0.2, -0.15) is 10.5 Å². The average molecular weight is 228 g/mol. The highest BCUT2D eigenvalue weighted by Gasteiger charge is 2.08. The van der Waals surface area contributed by atoms with E-state index in [1.165, 1.54) is 49.2 Å². The van der Waals surface area contributed by atoms with Crippen molar-refractivity contribution in [2.75, 3.05) is 0 Å². The van der Waals surface area contributed by atoms with Gasteiger partial charge in [0.25, 0.3) is 0 Å². The predicted molar refractivity (Wildman–Crippen MR) is 63.6 cm³/mol. The van der Waals surface area contributed by atoms with Crippen molar-refractivity contribution in [3.05, 3.63) is 0 Å². The summed E-state index contributed by atoms with van der Waals surface area (Å²) in [6, 6.07) is 0. The number of nitrogens with zero attached hydrogens (tertiary/aromatic N) is 2. The van der Waals surface area contributed by atoms with Crippen molar-refractivity contribution in [3.8, 4) is 10.8 Å². The summed E-state index contributed by atoms with van der Waals surface area (Å²) in [5.74, 6) is 0. The summed E-state index contributed by atoms with van der Waals surface area (Å²) in [6.45, 7) is 2.19. The lowest BCUT2D eigenvalue weighted by Gasteiger charge is -2.06. The third kappa shape index (κ3) is 8.29. The lowest BCUT2D eigenvalue weighted by molar-refractivity contribution is 0.622. The first-order valence-corrected chi connectivity index (χ1v) is 6.70. The Morgan fingerprint density at radius 2 is 1.57 bits per heavy atom. The quantitative estimate of drug-likeness (QED) is 0.356. The molecule has 4 heteroatoms. The van der Waals surface area contributed by atoms with Crippen LogP contribution in [0.2, 0.25) is 0 Å². The molecule has 0 heterocycles. The SMILES string of the molecule is CCCCCCCC(SC#N)SC#N. The van der Waals surface area contributed by atoms with Crippen molar-refractivity contribution < 1.29 is 0 Å². The summed E-state index contributed by atoms with van der Waals surface area (Å²) >= 11 is 2.42. The van der Waals surface area contributed by atoms with E-state index in [9.17, 15) is 0 Å². The fraction of sp³-hybridized carbons (Fsp3) is 0.800. The van der Waals surface area contributed by atoms with Crippen LogP contribution in [0.1, 0.15) is 45.4 Å². The molecule has 0 amide bonds. The molecule has 0 bridgehead atoms. The zero-order valence-electron chi connectivity index (χ0n) is 8.53. The zero-order chi connectivity index (χ0) is 10.6. The monoisotopic (exact) mass is 228 g/mol. The lowest BCUT2D eigenvalue weighted by atomic mass is 10.1. The molecule has 0 rings (SSSR count). The van der Waals surface area contributed by atoms with Gasteiger partial charge in [0.05, 0.1) is 4.58 Å². The maximum absolute atomic E-state index is 8.49. The molecule has 0 aliphatic rings. The van der Waals surface area contributed by atoms with Gasteiger partial charge in [0.15, 0.2) is 0 Å². The fourth-order valence-corrected chi connectivity index (χ4v) is 2.43. The van der Waals surface area contributed by atoms with E-state index in [1.54, 1.807) is 0 Å². The van der Waals surface area contributed by atoms with Crippen LogP contribution in [-0.2, 0) is 0 Å². The van der Waals surface area contributed by atoms with E-state index in [4.69, 9.17) is 10.5 Å². The molecule has 0 atom stereocenters. The molecule has 0 N–H and O–H groups in total. The van der Waals surface area contributed by atoms with Crippen LogP contribution in [0.25, 0.3) is 0 Å². The van der Waals surface area contributed by atoms with Gasteiger partial charge >= 0.3 is 0 Å². The van der Waals surface area contributed by atoms with E-state index < -0.39 is 0 Å². The van der Waals surface area contributed by atoms with Gasteiger partial charge in [0, 0.05) is 0 Å². The summed E-state index contributed by atoms with van der Waals surface area (Å²) in [5, 5.41) is 21.1. The molecule has 78 valence electrons. The number of unbranched alkanes of at least 4 members (excludes halogenated alkanes) is 4. The Bertz CT molecular complexity index is 189. The molecule has 0 aliphatic heterocycles. The Hall–Kier alpha value is -0.320. The first kappa shape index (κ1) is 13.7. The smallest absolute Gasteiger partial charge is 0.134 e. The summed E-state index contributed by atoms with van der Waals surface area (Å²) in [5.41, 5.74) is 0. The minimum atomic E-state index is 0.145. The van der Waals surface area contributed by atoms with Crippen LogP contribution in [0, 0.1) is 21.3 Å². The number of hydrogen-bond donors (Lipinski definition) is 0. The highest BCUT2D eigenvalue weighted by Crippen LogP contribution is 2.27. The summed E-state index contributed by atoms with van der Waals surface area (Å²) < 4.78 is 0.145. The average Bonchev–Trinajstić information content (AvgIpc) is 2.18. The normalized spacial score (nSPS) is 9.71. The maximum Gasteiger partial charge on any atom is 0.134 e. The molecule has 0 unspecified atom stereocenters. The van der Waals surface area contributed by atoms with Gasteiger partial charge in [-0.05, 0) is 29.9 Å². The third-order valence-corrected chi connectivity index (χ3v) is 3.70. The molecular weight excluding hydrogens is 212 g/mol. The predicted octanol–water partition coefficient (Wildman–Crippen LogP) is 4.10. The molecule has 0 spiro atoms. The Balaban J connectivity index is 3.42. The van der Waals surface area contributed by atoms with Gasteiger partial charge in [0.1, 0.15) is 10.8 Å². The largest absolute Gasteiger partial charge is 0.185 e. The molecule has 14 heavy (non-hydrogen) atoms. The van der Waals surface area contributed by atoms with Crippen LogP contribution >= 0.6 is 23.5 Å². The van der Waals surface area contributed by atoms with E-state index in [0.717, 1.165) is 12.8 Å². The first-order chi connectivity index (χ1) is 6.85. The Morgan fingerprint density at radius 1 is 1.00 bits per heavy atom. The van der Waals surface area contributed by atoms with Gasteiger partial charge < -0.3 is 0 Å². The molecule has 0 aromatic carbocycles. The van der Waals surface area contributed by atoms with E-state index in [2.05, 4.69) is 6.92 Å². The minimum Gasteiger partial charge on any atom is -0.185 e. The van der Waals surface area contributed by atoms with E-state index in [-0.39, 0.29) is 4.58 Å². The fourth-order valence-electron chi connectivity index (χ4n) is 1.17. The van der Waals surface area contributed by atoms with Crippen molar-refractivity contribution in [1.29, 1.82) is 10.5 Å². The van der Waals surface area contributed by atoms with Gasteiger partial charge in [-0.3, -0.25) is 0 Å². The van der Waals surface area contributed by atoms with Gasteiger partial charge in [0.2, 0.25) is 0 Å². The van der Waals surface area contributed by atoms with E-state index in [0.29, 0.717) is 0 Å². The number of hydrogen-bond acceptors (Lipinski definition) is 4. The number of rotatable bonds is 8. The molecule has 0 saturated heterocycles.